The molecule has 0 amide bonds. The second-order valence-corrected chi connectivity index (χ2v) is 5.90. The van der Waals surface area contributed by atoms with Gasteiger partial charge in [0.25, 0.3) is 0 Å². The second kappa shape index (κ2) is 9.02. The third-order valence-corrected chi connectivity index (χ3v) is 4.21. The van der Waals surface area contributed by atoms with Crippen molar-refractivity contribution < 1.29 is 14.9 Å². The van der Waals surface area contributed by atoms with Crippen LogP contribution in [0.25, 0.3) is 0 Å². The minimum atomic E-state index is -0.332. The molecule has 0 aliphatic carbocycles. The van der Waals surface area contributed by atoms with Crippen molar-refractivity contribution in [3.05, 3.63) is 28.2 Å². The van der Waals surface area contributed by atoms with Crippen molar-refractivity contribution in [3.63, 3.8) is 0 Å². The zero-order valence-corrected chi connectivity index (χ0v) is 13.8. The van der Waals surface area contributed by atoms with Gasteiger partial charge in [-0.15, -0.1) is 0 Å². The average molecular weight is 325 g/mol. The predicted molar refractivity (Wildman–Crippen MR) is 87.7 cm³/mol. The largest absolute Gasteiger partial charge is 0.503 e. The number of hydrogen-bond donors (Lipinski definition) is 2. The number of pyridine rings is 1. The van der Waals surface area contributed by atoms with Crippen LogP contribution in [0, 0.1) is 0 Å². The molecule has 0 bridgehead atoms. The van der Waals surface area contributed by atoms with Crippen LogP contribution in [0.4, 0.5) is 0 Å². The lowest BCUT2D eigenvalue weighted by atomic mass is 10.2. The van der Waals surface area contributed by atoms with Crippen molar-refractivity contribution in [2.75, 3.05) is 53.0 Å². The lowest BCUT2D eigenvalue weighted by Gasteiger charge is -2.34. The highest BCUT2D eigenvalue weighted by molar-refractivity contribution is 5.20. The minimum absolute atomic E-state index is 0.191. The van der Waals surface area contributed by atoms with Gasteiger partial charge in [-0.3, -0.25) is 14.6 Å². The Hall–Kier alpha value is -1.41. The van der Waals surface area contributed by atoms with E-state index >= 15 is 0 Å². The standard InChI is InChI=1S/C16H27N3O4/c1-23-10-2-3-19-13-16(22)15(21)11-14(19)12-18-6-4-17(5-7-18)8-9-20/h11,13,20,22H,2-10,12H2,1H3. The number of aliphatic hydroxyl groups is 1. The van der Waals surface area contributed by atoms with Crippen LogP contribution in [0.15, 0.2) is 17.1 Å². The zero-order valence-electron chi connectivity index (χ0n) is 13.8. The summed E-state index contributed by atoms with van der Waals surface area (Å²) in [4.78, 5) is 16.3. The molecule has 1 aromatic rings. The maximum Gasteiger partial charge on any atom is 0.223 e. The number of hydrogen-bond acceptors (Lipinski definition) is 6. The molecule has 0 aromatic carbocycles. The number of β-amino-alcohol motifs (C(OH)–C–C–N with tert-alkyl or cyclic N) is 1. The van der Waals surface area contributed by atoms with E-state index < -0.39 is 0 Å². The Bertz CT molecular complexity index is 539. The molecular formula is C16H27N3O4. The van der Waals surface area contributed by atoms with Crippen LogP contribution in [0.3, 0.4) is 0 Å². The summed E-state index contributed by atoms with van der Waals surface area (Å²) in [6, 6.07) is 1.53. The molecule has 0 unspecified atom stereocenters. The maximum absolute atomic E-state index is 11.8. The van der Waals surface area contributed by atoms with Crippen LogP contribution < -0.4 is 5.43 Å². The molecule has 0 saturated carbocycles. The summed E-state index contributed by atoms with van der Waals surface area (Å²) in [7, 11) is 1.66. The zero-order chi connectivity index (χ0) is 16.7. The SMILES string of the molecule is COCCCn1cc(O)c(=O)cc1CN1CCN(CCO)CC1. The van der Waals surface area contributed by atoms with Crippen molar-refractivity contribution in [1.29, 1.82) is 0 Å². The van der Waals surface area contributed by atoms with Crippen molar-refractivity contribution in [2.45, 2.75) is 19.5 Å². The maximum atomic E-state index is 11.8. The predicted octanol–water partition coefficient (Wildman–Crippen LogP) is -0.300. The van der Waals surface area contributed by atoms with Gasteiger partial charge in [-0.05, 0) is 6.42 Å². The van der Waals surface area contributed by atoms with Gasteiger partial charge in [0.2, 0.25) is 5.43 Å². The van der Waals surface area contributed by atoms with Crippen LogP contribution in [0.1, 0.15) is 12.1 Å². The molecule has 2 heterocycles. The van der Waals surface area contributed by atoms with Crippen molar-refractivity contribution in [1.82, 2.24) is 14.4 Å². The molecule has 7 nitrogen and oxygen atoms in total. The number of aromatic hydroxyl groups is 1. The molecule has 1 aliphatic heterocycles. The number of piperazine rings is 1. The molecule has 2 N–H and O–H groups in total. The lowest BCUT2D eigenvalue weighted by Crippen LogP contribution is -2.47. The number of ether oxygens (including phenoxy) is 1. The molecule has 1 aromatic heterocycles. The molecule has 7 heteroatoms. The highest BCUT2D eigenvalue weighted by Gasteiger charge is 2.18. The number of aromatic nitrogens is 1. The molecule has 1 aliphatic rings. The Morgan fingerprint density at radius 2 is 1.87 bits per heavy atom. The summed E-state index contributed by atoms with van der Waals surface area (Å²) in [5.74, 6) is -0.209. The number of aryl methyl sites for hydroxylation is 1. The quantitative estimate of drug-likeness (QED) is 0.639. The van der Waals surface area contributed by atoms with E-state index in [2.05, 4.69) is 9.80 Å². The van der Waals surface area contributed by atoms with Gasteiger partial charge >= 0.3 is 0 Å². The summed E-state index contributed by atoms with van der Waals surface area (Å²) in [6.07, 6.45) is 2.35. The van der Waals surface area contributed by atoms with Crippen molar-refractivity contribution >= 4 is 0 Å². The summed E-state index contributed by atoms with van der Waals surface area (Å²) < 4.78 is 7.01. The first-order chi connectivity index (χ1) is 11.1. The van der Waals surface area contributed by atoms with Crippen LogP contribution >= 0.6 is 0 Å². The fraction of sp³-hybridized carbons (Fsp3) is 0.688. The van der Waals surface area contributed by atoms with Gasteiger partial charge in [0.05, 0.1) is 12.8 Å². The molecule has 130 valence electrons. The van der Waals surface area contributed by atoms with E-state index in [9.17, 15) is 9.90 Å². The van der Waals surface area contributed by atoms with E-state index in [1.807, 2.05) is 4.57 Å². The van der Waals surface area contributed by atoms with Crippen LogP contribution in [0.2, 0.25) is 0 Å². The van der Waals surface area contributed by atoms with Gasteiger partial charge < -0.3 is 19.5 Å². The third-order valence-electron chi connectivity index (χ3n) is 4.21. The van der Waals surface area contributed by atoms with E-state index in [1.54, 1.807) is 7.11 Å². The van der Waals surface area contributed by atoms with E-state index in [1.165, 1.54) is 12.3 Å². The molecule has 0 radical (unpaired) electrons. The highest BCUT2D eigenvalue weighted by Crippen LogP contribution is 2.11. The molecule has 0 atom stereocenters. The first-order valence-corrected chi connectivity index (χ1v) is 8.11. The fourth-order valence-electron chi connectivity index (χ4n) is 2.87. The third kappa shape index (κ3) is 5.31. The number of aliphatic hydroxyl groups excluding tert-OH is 1. The topological polar surface area (TPSA) is 78.2 Å². The summed E-state index contributed by atoms with van der Waals surface area (Å²) in [5.41, 5.74) is 0.585. The van der Waals surface area contributed by atoms with Gasteiger partial charge in [-0.25, -0.2) is 0 Å². The normalized spacial score (nSPS) is 16.8. The fourth-order valence-corrected chi connectivity index (χ4v) is 2.87. The van der Waals surface area contributed by atoms with E-state index in [-0.39, 0.29) is 17.8 Å². The summed E-state index contributed by atoms with van der Waals surface area (Å²) >= 11 is 0. The van der Waals surface area contributed by atoms with Crippen LogP contribution in [0.5, 0.6) is 5.75 Å². The van der Waals surface area contributed by atoms with Gasteiger partial charge in [0.1, 0.15) is 0 Å². The average Bonchev–Trinajstić information content (AvgIpc) is 2.54. The van der Waals surface area contributed by atoms with Crippen LogP contribution in [-0.2, 0) is 17.8 Å². The monoisotopic (exact) mass is 325 g/mol. The van der Waals surface area contributed by atoms with E-state index in [0.717, 1.165) is 44.8 Å². The number of rotatable bonds is 8. The Labute approximate surface area is 136 Å². The first kappa shape index (κ1) is 17.9. The molecule has 23 heavy (non-hydrogen) atoms. The van der Waals surface area contributed by atoms with Crippen LogP contribution in [-0.4, -0.2) is 77.6 Å². The molecule has 0 spiro atoms. The van der Waals surface area contributed by atoms with Crippen molar-refractivity contribution in [3.8, 4) is 5.75 Å². The van der Waals surface area contributed by atoms with Gasteiger partial charge in [-0.1, -0.05) is 0 Å². The summed E-state index contributed by atoms with van der Waals surface area (Å²) in [6.45, 7) is 6.62. The van der Waals surface area contributed by atoms with Gasteiger partial charge in [0, 0.05) is 71.3 Å². The van der Waals surface area contributed by atoms with Gasteiger partial charge in [-0.2, -0.15) is 0 Å². The Kier molecular flexibility index (Phi) is 7.04. The first-order valence-electron chi connectivity index (χ1n) is 8.11. The molecule has 1 saturated heterocycles. The molecule has 1 fully saturated rings. The minimum Gasteiger partial charge on any atom is -0.503 e. The Morgan fingerprint density at radius 3 is 2.52 bits per heavy atom. The Balaban J connectivity index is 2.00. The smallest absolute Gasteiger partial charge is 0.223 e. The number of nitrogens with zero attached hydrogens (tertiary/aromatic N) is 3. The second-order valence-electron chi connectivity index (χ2n) is 5.90. The number of methoxy groups -OCH3 is 1. The Morgan fingerprint density at radius 1 is 1.17 bits per heavy atom. The van der Waals surface area contributed by atoms with E-state index in [0.29, 0.717) is 19.7 Å². The lowest BCUT2D eigenvalue weighted by molar-refractivity contribution is 0.106. The van der Waals surface area contributed by atoms with Gasteiger partial charge in [0.15, 0.2) is 5.75 Å². The van der Waals surface area contributed by atoms with E-state index in [4.69, 9.17) is 9.84 Å². The molecular weight excluding hydrogens is 298 g/mol. The summed E-state index contributed by atoms with van der Waals surface area (Å²) in [5, 5.41) is 18.7. The molecule has 2 rings (SSSR count). The van der Waals surface area contributed by atoms with Crippen molar-refractivity contribution in [2.24, 2.45) is 0 Å². The highest BCUT2D eigenvalue weighted by atomic mass is 16.5.